The summed E-state index contributed by atoms with van der Waals surface area (Å²) in [6, 6.07) is 4.33. The lowest BCUT2D eigenvalue weighted by Crippen LogP contribution is -2.22. The summed E-state index contributed by atoms with van der Waals surface area (Å²) in [5.74, 6) is -0.882. The van der Waals surface area contributed by atoms with E-state index in [1.165, 1.54) is 18.3 Å². The molecular formula is C11H12ClFN2O. The van der Waals surface area contributed by atoms with Crippen molar-refractivity contribution in [2.45, 2.75) is 13.8 Å². The van der Waals surface area contributed by atoms with Crippen LogP contribution in [0.25, 0.3) is 0 Å². The fourth-order valence-corrected chi connectivity index (χ4v) is 1.14. The summed E-state index contributed by atoms with van der Waals surface area (Å²) < 4.78 is 13.2. The summed E-state index contributed by atoms with van der Waals surface area (Å²) in [4.78, 5) is 11.2. The SMILES string of the molecule is CC(C)C(=O)N/N=C\c1c(F)cccc1Cl. The Hall–Kier alpha value is -1.42. The van der Waals surface area contributed by atoms with Gasteiger partial charge in [-0.25, -0.2) is 9.82 Å². The molecule has 1 aromatic carbocycles. The molecule has 0 bridgehead atoms. The lowest BCUT2D eigenvalue weighted by atomic mass is 10.2. The van der Waals surface area contributed by atoms with Gasteiger partial charge in [-0.05, 0) is 12.1 Å². The monoisotopic (exact) mass is 242 g/mol. The van der Waals surface area contributed by atoms with Crippen LogP contribution in [0.2, 0.25) is 5.02 Å². The third kappa shape index (κ3) is 3.31. The van der Waals surface area contributed by atoms with Gasteiger partial charge in [0.2, 0.25) is 5.91 Å². The highest BCUT2D eigenvalue weighted by molar-refractivity contribution is 6.33. The molecule has 1 N–H and O–H groups in total. The van der Waals surface area contributed by atoms with Gasteiger partial charge in [0.15, 0.2) is 0 Å². The van der Waals surface area contributed by atoms with Crippen LogP contribution in [0, 0.1) is 11.7 Å². The maximum atomic E-state index is 13.2. The number of nitrogens with one attached hydrogen (secondary N) is 1. The van der Waals surface area contributed by atoms with Gasteiger partial charge in [-0.1, -0.05) is 31.5 Å². The second-order valence-electron chi connectivity index (χ2n) is 3.52. The van der Waals surface area contributed by atoms with Crippen molar-refractivity contribution >= 4 is 23.7 Å². The Morgan fingerprint density at radius 2 is 2.25 bits per heavy atom. The number of carbonyl (C=O) groups excluding carboxylic acids is 1. The van der Waals surface area contributed by atoms with E-state index in [4.69, 9.17) is 11.6 Å². The summed E-state index contributed by atoms with van der Waals surface area (Å²) >= 11 is 5.76. The molecule has 0 saturated heterocycles. The number of nitrogens with zero attached hydrogens (tertiary/aromatic N) is 1. The molecule has 1 rings (SSSR count). The van der Waals surface area contributed by atoms with Crippen LogP contribution in [0.4, 0.5) is 4.39 Å². The minimum atomic E-state index is -0.477. The molecule has 0 aromatic heterocycles. The fraction of sp³-hybridized carbons (Fsp3) is 0.273. The Balaban J connectivity index is 2.74. The molecule has 0 atom stereocenters. The molecule has 0 aliphatic carbocycles. The van der Waals surface area contributed by atoms with Crippen molar-refractivity contribution in [3.63, 3.8) is 0 Å². The standard InChI is InChI=1S/C11H12ClFN2O/c1-7(2)11(16)15-14-6-8-9(12)4-3-5-10(8)13/h3-7H,1-2H3,(H,15,16)/b14-6-. The van der Waals surface area contributed by atoms with Gasteiger partial charge in [0.05, 0.1) is 11.2 Å². The number of benzene rings is 1. The Bertz CT molecular complexity index is 398. The summed E-state index contributed by atoms with van der Waals surface area (Å²) in [5.41, 5.74) is 2.45. The van der Waals surface area contributed by atoms with Crippen molar-refractivity contribution in [1.82, 2.24) is 5.43 Å². The van der Waals surface area contributed by atoms with Crippen LogP contribution < -0.4 is 5.43 Å². The molecule has 86 valence electrons. The molecule has 0 fully saturated rings. The van der Waals surface area contributed by atoms with E-state index in [2.05, 4.69) is 10.5 Å². The van der Waals surface area contributed by atoms with Crippen molar-refractivity contribution < 1.29 is 9.18 Å². The first-order valence-corrected chi connectivity index (χ1v) is 5.17. The Labute approximate surface area is 98.3 Å². The van der Waals surface area contributed by atoms with E-state index in [-0.39, 0.29) is 22.4 Å². The van der Waals surface area contributed by atoms with Crippen LogP contribution in [-0.2, 0) is 4.79 Å². The summed E-state index contributed by atoms with van der Waals surface area (Å²) in [6.07, 6.45) is 1.19. The average molecular weight is 243 g/mol. The molecule has 0 heterocycles. The largest absolute Gasteiger partial charge is 0.273 e. The van der Waals surface area contributed by atoms with Gasteiger partial charge in [-0.15, -0.1) is 0 Å². The molecule has 0 radical (unpaired) electrons. The number of amides is 1. The van der Waals surface area contributed by atoms with Gasteiger partial charge in [0.25, 0.3) is 0 Å². The van der Waals surface area contributed by atoms with Crippen LogP contribution in [0.3, 0.4) is 0 Å². The average Bonchev–Trinajstić information content (AvgIpc) is 2.22. The second kappa shape index (κ2) is 5.61. The fourth-order valence-electron chi connectivity index (χ4n) is 0.924. The Kier molecular flexibility index (Phi) is 4.43. The summed E-state index contributed by atoms with van der Waals surface area (Å²) in [5, 5.41) is 3.89. The first-order chi connectivity index (χ1) is 7.52. The molecule has 0 saturated carbocycles. The minimum absolute atomic E-state index is 0.160. The van der Waals surface area contributed by atoms with E-state index >= 15 is 0 Å². The van der Waals surface area contributed by atoms with E-state index in [0.717, 1.165) is 0 Å². The normalized spacial score (nSPS) is 11.1. The number of carbonyl (C=O) groups is 1. The van der Waals surface area contributed by atoms with Gasteiger partial charge in [-0.3, -0.25) is 4.79 Å². The van der Waals surface area contributed by atoms with Crippen LogP contribution in [0.1, 0.15) is 19.4 Å². The van der Waals surface area contributed by atoms with E-state index in [1.807, 2.05) is 0 Å². The molecule has 5 heteroatoms. The topological polar surface area (TPSA) is 41.5 Å². The Morgan fingerprint density at radius 1 is 1.56 bits per heavy atom. The predicted molar refractivity (Wildman–Crippen MR) is 62.0 cm³/mol. The maximum absolute atomic E-state index is 13.2. The zero-order chi connectivity index (χ0) is 12.1. The van der Waals surface area contributed by atoms with Crippen molar-refractivity contribution in [1.29, 1.82) is 0 Å². The summed E-state index contributed by atoms with van der Waals surface area (Å²) in [6.45, 7) is 3.47. The molecule has 0 spiro atoms. The van der Waals surface area contributed by atoms with Crippen molar-refractivity contribution in [2.24, 2.45) is 11.0 Å². The minimum Gasteiger partial charge on any atom is -0.273 e. The highest BCUT2D eigenvalue weighted by atomic mass is 35.5. The third-order valence-corrected chi connectivity index (χ3v) is 2.22. The van der Waals surface area contributed by atoms with Crippen molar-refractivity contribution in [2.75, 3.05) is 0 Å². The molecule has 16 heavy (non-hydrogen) atoms. The van der Waals surface area contributed by atoms with Crippen molar-refractivity contribution in [3.05, 3.63) is 34.6 Å². The van der Waals surface area contributed by atoms with Gasteiger partial charge in [-0.2, -0.15) is 5.10 Å². The number of hydrogen-bond acceptors (Lipinski definition) is 2. The predicted octanol–water partition coefficient (Wildman–Crippen LogP) is 2.59. The Morgan fingerprint density at radius 3 is 2.81 bits per heavy atom. The van der Waals surface area contributed by atoms with Crippen LogP contribution in [0.15, 0.2) is 23.3 Å². The van der Waals surface area contributed by atoms with E-state index < -0.39 is 5.82 Å². The zero-order valence-corrected chi connectivity index (χ0v) is 9.75. The van der Waals surface area contributed by atoms with E-state index in [0.29, 0.717) is 0 Å². The molecule has 3 nitrogen and oxygen atoms in total. The van der Waals surface area contributed by atoms with E-state index in [9.17, 15) is 9.18 Å². The number of hydrogen-bond donors (Lipinski definition) is 1. The first-order valence-electron chi connectivity index (χ1n) is 4.79. The smallest absolute Gasteiger partial charge is 0.242 e. The molecule has 1 aromatic rings. The highest BCUT2D eigenvalue weighted by Crippen LogP contribution is 2.16. The summed E-state index contributed by atoms with van der Waals surface area (Å²) in [7, 11) is 0. The molecule has 0 aliphatic rings. The van der Waals surface area contributed by atoms with Gasteiger partial charge in [0, 0.05) is 11.5 Å². The molecular weight excluding hydrogens is 231 g/mol. The van der Waals surface area contributed by atoms with Gasteiger partial charge in [0.1, 0.15) is 5.82 Å². The molecule has 0 unspecified atom stereocenters. The molecule has 0 aliphatic heterocycles. The highest BCUT2D eigenvalue weighted by Gasteiger charge is 2.06. The van der Waals surface area contributed by atoms with Crippen LogP contribution >= 0.6 is 11.6 Å². The first kappa shape index (κ1) is 12.6. The van der Waals surface area contributed by atoms with Gasteiger partial charge < -0.3 is 0 Å². The molecule has 1 amide bonds. The lowest BCUT2D eigenvalue weighted by Gasteiger charge is -2.02. The van der Waals surface area contributed by atoms with Gasteiger partial charge >= 0.3 is 0 Å². The van der Waals surface area contributed by atoms with E-state index in [1.54, 1.807) is 19.9 Å². The number of halogens is 2. The zero-order valence-electron chi connectivity index (χ0n) is 9.00. The van der Waals surface area contributed by atoms with Crippen LogP contribution in [-0.4, -0.2) is 12.1 Å². The second-order valence-corrected chi connectivity index (χ2v) is 3.93. The van der Waals surface area contributed by atoms with Crippen molar-refractivity contribution in [3.8, 4) is 0 Å². The third-order valence-electron chi connectivity index (χ3n) is 1.89. The number of hydrazone groups is 1. The maximum Gasteiger partial charge on any atom is 0.242 e. The quantitative estimate of drug-likeness (QED) is 0.642. The lowest BCUT2D eigenvalue weighted by molar-refractivity contribution is -0.123. The number of rotatable bonds is 3. The van der Waals surface area contributed by atoms with Crippen LogP contribution in [0.5, 0.6) is 0 Å².